The van der Waals surface area contributed by atoms with Crippen LogP contribution in [0.5, 0.6) is 0 Å². The van der Waals surface area contributed by atoms with Gasteiger partial charge in [0.2, 0.25) is 0 Å². The quantitative estimate of drug-likeness (QED) is 0.863. The maximum Gasteiger partial charge on any atom is 0.329 e. The number of anilines is 1. The highest BCUT2D eigenvalue weighted by Crippen LogP contribution is 2.39. The molecule has 0 amide bonds. The molecule has 0 radical (unpaired) electrons. The fourth-order valence-electron chi connectivity index (χ4n) is 2.22. The molecule has 2 N–H and O–H groups in total. The van der Waals surface area contributed by atoms with E-state index in [-0.39, 0.29) is 6.10 Å². The monoisotopic (exact) mass is 269 g/mol. The summed E-state index contributed by atoms with van der Waals surface area (Å²) in [5, 5.41) is 12.9. The lowest BCUT2D eigenvalue weighted by Crippen LogP contribution is -2.59. The molecule has 0 bridgehead atoms. The van der Waals surface area contributed by atoms with Gasteiger partial charge in [0.05, 0.1) is 16.8 Å². The van der Waals surface area contributed by atoms with E-state index in [9.17, 15) is 9.90 Å². The minimum atomic E-state index is -0.954. The summed E-state index contributed by atoms with van der Waals surface area (Å²) in [5.74, 6) is -0.863. The zero-order chi connectivity index (χ0) is 13.2. The molecule has 0 aromatic heterocycles. The smallest absolute Gasteiger partial charge is 0.329 e. The lowest BCUT2D eigenvalue weighted by molar-refractivity contribution is -0.152. The van der Waals surface area contributed by atoms with E-state index in [0.29, 0.717) is 30.2 Å². The molecule has 0 atom stereocenters. The van der Waals surface area contributed by atoms with Crippen molar-refractivity contribution >= 4 is 23.3 Å². The van der Waals surface area contributed by atoms with Gasteiger partial charge in [-0.25, -0.2) is 4.79 Å². The van der Waals surface area contributed by atoms with Crippen LogP contribution in [-0.2, 0) is 9.53 Å². The summed E-state index contributed by atoms with van der Waals surface area (Å²) < 4.78 is 5.41. The first-order chi connectivity index (χ1) is 8.57. The van der Waals surface area contributed by atoms with E-state index in [1.165, 1.54) is 0 Å². The molecule has 0 aliphatic heterocycles. The third-order valence-corrected chi connectivity index (χ3v) is 3.54. The Morgan fingerprint density at radius 1 is 1.56 bits per heavy atom. The van der Waals surface area contributed by atoms with Gasteiger partial charge in [-0.3, -0.25) is 0 Å². The maximum atomic E-state index is 11.4. The molecule has 0 unspecified atom stereocenters. The number of carboxylic acid groups (broad SMARTS) is 1. The van der Waals surface area contributed by atoms with Crippen molar-refractivity contribution in [3.05, 3.63) is 29.3 Å². The standard InChI is InChI=1S/C13H16ClNO3/c1-2-18-9-7-13(8-9,12(16)17)15-11-6-4-3-5-10(11)14/h3-6,9,15H,2,7-8H2,1H3,(H,16,17). The minimum absolute atomic E-state index is 0.0149. The van der Waals surface area contributed by atoms with Gasteiger partial charge in [0.1, 0.15) is 5.54 Å². The Hall–Kier alpha value is -1.26. The fraction of sp³-hybridized carbons (Fsp3) is 0.462. The Bertz CT molecular complexity index is 444. The van der Waals surface area contributed by atoms with Crippen molar-refractivity contribution in [3.8, 4) is 0 Å². The second-order valence-corrected chi connectivity index (χ2v) is 4.88. The zero-order valence-corrected chi connectivity index (χ0v) is 10.9. The van der Waals surface area contributed by atoms with Crippen LogP contribution in [-0.4, -0.2) is 29.3 Å². The second kappa shape index (κ2) is 5.16. The molecule has 0 saturated heterocycles. The number of ether oxygens (including phenoxy) is 1. The number of rotatable bonds is 5. The molecule has 1 aromatic carbocycles. The summed E-state index contributed by atoms with van der Waals surface area (Å²) in [6.07, 6.45) is 0.934. The Kier molecular flexibility index (Phi) is 3.78. The Morgan fingerprint density at radius 2 is 2.22 bits per heavy atom. The first-order valence-corrected chi connectivity index (χ1v) is 6.33. The molecule has 5 heteroatoms. The molecule has 18 heavy (non-hydrogen) atoms. The summed E-state index contributed by atoms with van der Waals surface area (Å²) in [6.45, 7) is 2.51. The first-order valence-electron chi connectivity index (χ1n) is 5.95. The number of hydrogen-bond donors (Lipinski definition) is 2. The van der Waals surface area contributed by atoms with Crippen LogP contribution >= 0.6 is 11.6 Å². The average Bonchev–Trinajstić information content (AvgIpc) is 2.28. The number of carboxylic acids is 1. The fourth-order valence-corrected chi connectivity index (χ4v) is 2.40. The van der Waals surface area contributed by atoms with Crippen molar-refractivity contribution < 1.29 is 14.6 Å². The molecule has 1 fully saturated rings. The van der Waals surface area contributed by atoms with Crippen molar-refractivity contribution in [2.45, 2.75) is 31.4 Å². The van der Waals surface area contributed by atoms with Crippen LogP contribution in [0.1, 0.15) is 19.8 Å². The van der Waals surface area contributed by atoms with Gasteiger partial charge in [0.25, 0.3) is 0 Å². The summed E-state index contributed by atoms with van der Waals surface area (Å²) in [6, 6.07) is 7.15. The van der Waals surface area contributed by atoms with Gasteiger partial charge >= 0.3 is 5.97 Å². The number of halogens is 1. The summed E-state index contributed by atoms with van der Waals surface area (Å²) >= 11 is 6.03. The third kappa shape index (κ3) is 2.44. The highest BCUT2D eigenvalue weighted by atomic mass is 35.5. The Balaban J connectivity index is 2.10. The van der Waals surface area contributed by atoms with Gasteiger partial charge in [-0.05, 0) is 19.1 Å². The van der Waals surface area contributed by atoms with Crippen LogP contribution in [0.15, 0.2) is 24.3 Å². The SMILES string of the molecule is CCOC1CC(Nc2ccccc2Cl)(C(=O)O)C1. The molecule has 1 aliphatic rings. The van der Waals surface area contributed by atoms with Gasteiger partial charge < -0.3 is 15.2 Å². The van der Waals surface area contributed by atoms with Crippen molar-refractivity contribution in [2.24, 2.45) is 0 Å². The van der Waals surface area contributed by atoms with E-state index in [1.54, 1.807) is 12.1 Å². The van der Waals surface area contributed by atoms with Crippen LogP contribution < -0.4 is 5.32 Å². The normalized spacial score (nSPS) is 26.4. The minimum Gasteiger partial charge on any atom is -0.480 e. The lowest BCUT2D eigenvalue weighted by atomic mass is 9.74. The molecule has 98 valence electrons. The van der Waals surface area contributed by atoms with Gasteiger partial charge in [-0.15, -0.1) is 0 Å². The highest BCUT2D eigenvalue weighted by Gasteiger charge is 2.51. The first kappa shape index (κ1) is 13.2. The van der Waals surface area contributed by atoms with Crippen molar-refractivity contribution in [1.29, 1.82) is 0 Å². The predicted octanol–water partition coefficient (Wildman–Crippen LogP) is 2.77. The van der Waals surface area contributed by atoms with E-state index in [2.05, 4.69) is 5.32 Å². The molecular formula is C13H16ClNO3. The molecule has 0 heterocycles. The van der Waals surface area contributed by atoms with E-state index in [0.717, 1.165) is 0 Å². The molecule has 2 rings (SSSR count). The third-order valence-electron chi connectivity index (χ3n) is 3.21. The molecular weight excluding hydrogens is 254 g/mol. The highest BCUT2D eigenvalue weighted by molar-refractivity contribution is 6.33. The summed E-state index contributed by atoms with van der Waals surface area (Å²) in [4.78, 5) is 11.4. The molecule has 1 aliphatic carbocycles. The number of nitrogens with one attached hydrogen (secondary N) is 1. The largest absolute Gasteiger partial charge is 0.480 e. The predicted molar refractivity (Wildman–Crippen MR) is 70.1 cm³/mol. The Labute approximate surface area is 111 Å². The van der Waals surface area contributed by atoms with Gasteiger partial charge in [0, 0.05) is 19.4 Å². The van der Waals surface area contributed by atoms with E-state index in [4.69, 9.17) is 16.3 Å². The number of carbonyl (C=O) groups is 1. The van der Waals surface area contributed by atoms with Gasteiger partial charge in [0.15, 0.2) is 0 Å². The van der Waals surface area contributed by atoms with Crippen LogP contribution in [0, 0.1) is 0 Å². The average molecular weight is 270 g/mol. The van der Waals surface area contributed by atoms with E-state index < -0.39 is 11.5 Å². The molecule has 0 spiro atoms. The molecule has 1 aromatic rings. The number of benzene rings is 1. The zero-order valence-electron chi connectivity index (χ0n) is 10.1. The van der Waals surface area contributed by atoms with Crippen LogP contribution in [0.25, 0.3) is 0 Å². The number of para-hydroxylation sites is 1. The molecule has 4 nitrogen and oxygen atoms in total. The van der Waals surface area contributed by atoms with Crippen LogP contribution in [0.3, 0.4) is 0 Å². The van der Waals surface area contributed by atoms with Crippen LogP contribution in [0.4, 0.5) is 5.69 Å². The topological polar surface area (TPSA) is 58.6 Å². The summed E-state index contributed by atoms with van der Waals surface area (Å²) in [7, 11) is 0. The Morgan fingerprint density at radius 3 is 2.78 bits per heavy atom. The second-order valence-electron chi connectivity index (χ2n) is 4.48. The number of hydrogen-bond acceptors (Lipinski definition) is 3. The van der Waals surface area contributed by atoms with Gasteiger partial charge in [-0.2, -0.15) is 0 Å². The lowest BCUT2D eigenvalue weighted by Gasteiger charge is -2.45. The molecule has 1 saturated carbocycles. The van der Waals surface area contributed by atoms with Gasteiger partial charge in [-0.1, -0.05) is 23.7 Å². The van der Waals surface area contributed by atoms with Crippen molar-refractivity contribution in [1.82, 2.24) is 0 Å². The van der Waals surface area contributed by atoms with E-state index in [1.807, 2.05) is 19.1 Å². The number of aliphatic carboxylic acids is 1. The van der Waals surface area contributed by atoms with Crippen molar-refractivity contribution in [3.63, 3.8) is 0 Å². The van der Waals surface area contributed by atoms with Crippen molar-refractivity contribution in [2.75, 3.05) is 11.9 Å². The summed E-state index contributed by atoms with van der Waals surface area (Å²) in [5.41, 5.74) is -0.304. The van der Waals surface area contributed by atoms with Crippen LogP contribution in [0.2, 0.25) is 5.02 Å². The van der Waals surface area contributed by atoms with E-state index >= 15 is 0 Å². The maximum absolute atomic E-state index is 11.4.